The lowest BCUT2D eigenvalue weighted by atomic mass is 10.0. The molecule has 1 unspecified atom stereocenters. The van der Waals surface area contributed by atoms with Crippen molar-refractivity contribution in [3.05, 3.63) is 29.8 Å². The van der Waals surface area contributed by atoms with Crippen LogP contribution in [0.25, 0.3) is 0 Å². The van der Waals surface area contributed by atoms with E-state index < -0.39 is 0 Å². The maximum atomic E-state index is 5.93. The van der Waals surface area contributed by atoms with E-state index >= 15 is 0 Å². The lowest BCUT2D eigenvalue weighted by molar-refractivity contribution is 0.317. The molecule has 0 saturated carbocycles. The van der Waals surface area contributed by atoms with E-state index in [-0.39, 0.29) is 0 Å². The molecule has 2 N–H and O–H groups in total. The average molecular weight is 336 g/mol. The molecule has 4 nitrogen and oxygen atoms in total. The zero-order valence-corrected chi connectivity index (χ0v) is 15.3. The molecule has 1 aliphatic rings. The van der Waals surface area contributed by atoms with E-state index in [2.05, 4.69) is 41.6 Å². The van der Waals surface area contributed by atoms with Crippen LogP contribution in [0.5, 0.6) is 5.75 Å². The van der Waals surface area contributed by atoms with Crippen molar-refractivity contribution in [1.29, 1.82) is 0 Å². The van der Waals surface area contributed by atoms with E-state index in [0.29, 0.717) is 18.6 Å². The summed E-state index contributed by atoms with van der Waals surface area (Å²) in [5.41, 5.74) is 1.26. The summed E-state index contributed by atoms with van der Waals surface area (Å²) in [6, 6.07) is 8.79. The molecule has 1 atom stereocenters. The Balaban J connectivity index is 1.73. The molecule has 5 heteroatoms. The standard InChI is InChI=1S/C18H29N3OS/c1-14(2)16-8-4-5-9-17(16)22-11-10-20-18(19-3)21-15-7-6-12-23-13-15/h4-5,8-9,14-15H,6-7,10-13H2,1-3H3,(H2,19,20,21). The van der Waals surface area contributed by atoms with Crippen LogP contribution >= 0.6 is 11.8 Å². The molecule has 1 aromatic carbocycles. The third-order valence-corrected chi connectivity index (χ3v) is 5.13. The molecule has 2 rings (SSSR count). The minimum atomic E-state index is 0.470. The Morgan fingerprint density at radius 1 is 1.39 bits per heavy atom. The van der Waals surface area contributed by atoms with Gasteiger partial charge in [0.1, 0.15) is 12.4 Å². The minimum Gasteiger partial charge on any atom is -0.491 e. The number of para-hydroxylation sites is 1. The van der Waals surface area contributed by atoms with Crippen LogP contribution in [-0.2, 0) is 0 Å². The number of hydrogen-bond donors (Lipinski definition) is 2. The van der Waals surface area contributed by atoms with Crippen molar-refractivity contribution in [1.82, 2.24) is 10.6 Å². The first kappa shape index (κ1) is 18.0. The number of thioether (sulfide) groups is 1. The fourth-order valence-corrected chi connectivity index (χ4v) is 3.73. The number of benzene rings is 1. The van der Waals surface area contributed by atoms with Gasteiger partial charge in [0.15, 0.2) is 5.96 Å². The molecule has 1 saturated heterocycles. The van der Waals surface area contributed by atoms with Crippen LogP contribution in [0.3, 0.4) is 0 Å². The third-order valence-electron chi connectivity index (χ3n) is 3.92. The number of guanidine groups is 1. The number of nitrogens with one attached hydrogen (secondary N) is 2. The number of hydrogen-bond acceptors (Lipinski definition) is 3. The van der Waals surface area contributed by atoms with Gasteiger partial charge in [-0.3, -0.25) is 4.99 Å². The van der Waals surface area contributed by atoms with Crippen LogP contribution in [0.2, 0.25) is 0 Å². The Bertz CT molecular complexity index is 499. The predicted molar refractivity (Wildman–Crippen MR) is 101 cm³/mol. The maximum absolute atomic E-state index is 5.93. The first-order valence-corrected chi connectivity index (χ1v) is 9.63. The van der Waals surface area contributed by atoms with Gasteiger partial charge in [-0.15, -0.1) is 0 Å². The summed E-state index contributed by atoms with van der Waals surface area (Å²) < 4.78 is 5.93. The zero-order chi connectivity index (χ0) is 16.5. The second-order valence-corrected chi connectivity index (χ2v) is 7.25. The molecular weight excluding hydrogens is 306 g/mol. The van der Waals surface area contributed by atoms with Gasteiger partial charge in [0.05, 0.1) is 6.54 Å². The molecule has 1 fully saturated rings. The van der Waals surface area contributed by atoms with Gasteiger partial charge < -0.3 is 15.4 Å². The SMILES string of the molecule is CN=C(NCCOc1ccccc1C(C)C)NC1CCCSC1. The highest BCUT2D eigenvalue weighted by atomic mass is 32.2. The summed E-state index contributed by atoms with van der Waals surface area (Å²) in [5.74, 6) is 4.78. The summed E-state index contributed by atoms with van der Waals surface area (Å²) in [6.07, 6.45) is 2.51. The second-order valence-electron chi connectivity index (χ2n) is 6.10. The van der Waals surface area contributed by atoms with Gasteiger partial charge in [-0.25, -0.2) is 0 Å². The van der Waals surface area contributed by atoms with Crippen LogP contribution < -0.4 is 15.4 Å². The molecule has 23 heavy (non-hydrogen) atoms. The van der Waals surface area contributed by atoms with E-state index in [1.54, 1.807) is 0 Å². The second kappa shape index (κ2) is 9.71. The summed E-state index contributed by atoms with van der Waals surface area (Å²) in [4.78, 5) is 4.30. The fourth-order valence-electron chi connectivity index (χ4n) is 2.66. The smallest absolute Gasteiger partial charge is 0.191 e. The molecule has 1 aliphatic heterocycles. The van der Waals surface area contributed by atoms with E-state index in [1.165, 1.54) is 29.9 Å². The first-order chi connectivity index (χ1) is 11.2. The van der Waals surface area contributed by atoms with Crippen molar-refractivity contribution in [2.45, 2.75) is 38.6 Å². The Hall–Kier alpha value is -1.36. The molecule has 1 heterocycles. The van der Waals surface area contributed by atoms with Crippen molar-refractivity contribution < 1.29 is 4.74 Å². The summed E-state index contributed by atoms with van der Waals surface area (Å²) in [5, 5.41) is 6.84. The molecule has 0 spiro atoms. The van der Waals surface area contributed by atoms with Crippen LogP contribution in [0.4, 0.5) is 0 Å². The maximum Gasteiger partial charge on any atom is 0.191 e. The van der Waals surface area contributed by atoms with E-state index in [0.717, 1.165) is 18.3 Å². The van der Waals surface area contributed by atoms with Crippen molar-refractivity contribution in [3.8, 4) is 5.75 Å². The topological polar surface area (TPSA) is 45.7 Å². The third kappa shape index (κ3) is 5.98. The van der Waals surface area contributed by atoms with Crippen molar-refractivity contribution in [2.24, 2.45) is 4.99 Å². The first-order valence-electron chi connectivity index (χ1n) is 8.47. The largest absolute Gasteiger partial charge is 0.491 e. The number of aliphatic imine (C=N–C) groups is 1. The van der Waals surface area contributed by atoms with Crippen LogP contribution in [0, 0.1) is 0 Å². The summed E-state index contributed by atoms with van der Waals surface area (Å²) in [6.45, 7) is 5.75. The molecule has 0 aromatic heterocycles. The van der Waals surface area contributed by atoms with Crippen molar-refractivity contribution in [2.75, 3.05) is 31.7 Å². The minimum absolute atomic E-state index is 0.470. The lowest BCUT2D eigenvalue weighted by Crippen LogP contribution is -2.46. The van der Waals surface area contributed by atoms with Crippen LogP contribution in [0.15, 0.2) is 29.3 Å². The average Bonchev–Trinajstić information content (AvgIpc) is 2.58. The van der Waals surface area contributed by atoms with Gasteiger partial charge in [-0.05, 0) is 36.1 Å². The highest BCUT2D eigenvalue weighted by molar-refractivity contribution is 7.99. The molecule has 0 bridgehead atoms. The van der Waals surface area contributed by atoms with E-state index in [4.69, 9.17) is 4.74 Å². The lowest BCUT2D eigenvalue weighted by Gasteiger charge is -2.24. The molecule has 0 amide bonds. The van der Waals surface area contributed by atoms with Gasteiger partial charge in [-0.2, -0.15) is 11.8 Å². The van der Waals surface area contributed by atoms with E-state index in [1.807, 2.05) is 30.9 Å². The molecule has 0 aliphatic carbocycles. The number of rotatable bonds is 6. The molecule has 0 radical (unpaired) electrons. The van der Waals surface area contributed by atoms with Crippen molar-refractivity contribution >= 4 is 17.7 Å². The predicted octanol–water partition coefficient (Wildman–Crippen LogP) is 3.25. The van der Waals surface area contributed by atoms with Crippen LogP contribution in [0.1, 0.15) is 38.2 Å². The van der Waals surface area contributed by atoms with Gasteiger partial charge in [-0.1, -0.05) is 32.0 Å². The molecular formula is C18H29N3OS. The zero-order valence-electron chi connectivity index (χ0n) is 14.5. The summed E-state index contributed by atoms with van der Waals surface area (Å²) >= 11 is 2.02. The molecule has 128 valence electrons. The normalized spacial score (nSPS) is 18.8. The Morgan fingerprint density at radius 2 is 2.22 bits per heavy atom. The fraction of sp³-hybridized carbons (Fsp3) is 0.611. The van der Waals surface area contributed by atoms with Gasteiger partial charge in [0, 0.05) is 18.8 Å². The number of ether oxygens (including phenoxy) is 1. The highest BCUT2D eigenvalue weighted by Gasteiger charge is 2.14. The molecule has 1 aromatic rings. The van der Waals surface area contributed by atoms with E-state index in [9.17, 15) is 0 Å². The van der Waals surface area contributed by atoms with Gasteiger partial charge >= 0.3 is 0 Å². The Morgan fingerprint density at radius 3 is 2.91 bits per heavy atom. The monoisotopic (exact) mass is 335 g/mol. The van der Waals surface area contributed by atoms with Gasteiger partial charge in [0.25, 0.3) is 0 Å². The Labute approximate surface area is 144 Å². The van der Waals surface area contributed by atoms with Gasteiger partial charge in [0.2, 0.25) is 0 Å². The number of nitrogens with zero attached hydrogens (tertiary/aromatic N) is 1. The highest BCUT2D eigenvalue weighted by Crippen LogP contribution is 2.25. The summed E-state index contributed by atoms with van der Waals surface area (Å²) in [7, 11) is 1.82. The quantitative estimate of drug-likeness (QED) is 0.476. The van der Waals surface area contributed by atoms with Crippen molar-refractivity contribution in [3.63, 3.8) is 0 Å². The van der Waals surface area contributed by atoms with Crippen LogP contribution in [-0.4, -0.2) is 43.7 Å². The Kier molecular flexibility index (Phi) is 7.59.